The summed E-state index contributed by atoms with van der Waals surface area (Å²) >= 11 is 0. The van der Waals surface area contributed by atoms with Gasteiger partial charge in [-0.3, -0.25) is 0 Å². The number of phenols is 8. The predicted molar refractivity (Wildman–Crippen MR) is 253 cm³/mol. The Morgan fingerprint density at radius 3 is 1.78 bits per heavy atom. The van der Waals surface area contributed by atoms with Gasteiger partial charge in [0.1, 0.15) is 0 Å². The van der Waals surface area contributed by atoms with Gasteiger partial charge in [-0.1, -0.05) is 97.1 Å². The van der Waals surface area contributed by atoms with Crippen LogP contribution in [0.1, 0.15) is 47.9 Å². The van der Waals surface area contributed by atoms with Crippen LogP contribution in [0.4, 0.5) is 17.1 Å². The Morgan fingerprint density at radius 1 is 0.477 bits per heavy atom. The largest absolute Gasteiger partial charge is 0.504 e. The van der Waals surface area contributed by atoms with Crippen LogP contribution < -0.4 is 4.90 Å². The van der Waals surface area contributed by atoms with Crippen LogP contribution in [0.15, 0.2) is 151 Å². The average Bonchev–Trinajstić information content (AvgIpc) is 3.97. The highest BCUT2D eigenvalue weighted by molar-refractivity contribution is 6.13. The molecule has 318 valence electrons. The number of aromatic hydroxyl groups is 8. The molecule has 0 saturated carbocycles. The van der Waals surface area contributed by atoms with Crippen LogP contribution in [0.3, 0.4) is 0 Å². The van der Waals surface area contributed by atoms with E-state index in [1.165, 1.54) is 0 Å². The number of phenolic OH excluding ortho intramolecular Hbond substituents is 8. The second-order valence-electron chi connectivity index (χ2n) is 17.0. The van der Waals surface area contributed by atoms with Crippen LogP contribution in [0.5, 0.6) is 46.0 Å². The van der Waals surface area contributed by atoms with Gasteiger partial charge in [0.2, 0.25) is 23.0 Å². The highest BCUT2D eigenvalue weighted by Crippen LogP contribution is 2.74. The number of anilines is 3. The fraction of sp³-hybridized carbons (Fsp3) is 0.0909. The lowest BCUT2D eigenvalue weighted by Crippen LogP contribution is -2.28. The molecule has 0 bridgehead atoms. The lowest BCUT2D eigenvalue weighted by Gasteiger charge is -2.34. The van der Waals surface area contributed by atoms with Gasteiger partial charge in [0.25, 0.3) is 0 Å². The molecule has 0 amide bonds. The summed E-state index contributed by atoms with van der Waals surface area (Å²) in [5, 5.41) is 93.7. The molecule has 1 aromatic heterocycles. The number of hydrogen-bond acceptors (Lipinski definition) is 9. The SMILES string of the molecule is Oc1c(O)c(O)c2c(c1O)-c1c(O)c(O)c(O)c(O)c1C21C2=C(C=CCC2)c2c(N(c3ccc(-c4ccccc4)cc3)c3ccc4c(c3)c3ccccc3n4C3=CCCC=C3)cccc21. The van der Waals surface area contributed by atoms with Crippen LogP contribution >= 0.6 is 0 Å². The van der Waals surface area contributed by atoms with E-state index in [2.05, 4.69) is 100 Å². The summed E-state index contributed by atoms with van der Waals surface area (Å²) in [6, 6.07) is 38.9. The molecule has 0 fully saturated rings. The Bertz CT molecular complexity index is 3450. The lowest BCUT2D eigenvalue weighted by molar-refractivity contribution is 0.341. The third kappa shape index (κ3) is 4.99. The van der Waals surface area contributed by atoms with E-state index in [-0.39, 0.29) is 22.3 Å². The van der Waals surface area contributed by atoms with E-state index in [1.807, 2.05) is 54.6 Å². The molecule has 0 radical (unpaired) electrons. The molecule has 0 atom stereocenters. The molecule has 4 aliphatic rings. The van der Waals surface area contributed by atoms with Crippen molar-refractivity contribution in [3.05, 3.63) is 173 Å². The first-order valence-corrected chi connectivity index (χ1v) is 21.5. The van der Waals surface area contributed by atoms with Gasteiger partial charge in [0.15, 0.2) is 23.0 Å². The van der Waals surface area contributed by atoms with E-state index < -0.39 is 51.4 Å². The summed E-state index contributed by atoms with van der Waals surface area (Å²) in [5.41, 5.74) is 7.55. The van der Waals surface area contributed by atoms with Crippen molar-refractivity contribution in [1.82, 2.24) is 4.57 Å². The molecule has 10 heteroatoms. The van der Waals surface area contributed by atoms with E-state index in [1.54, 1.807) is 0 Å². The average molecular weight is 857 g/mol. The van der Waals surface area contributed by atoms with E-state index in [9.17, 15) is 40.9 Å². The van der Waals surface area contributed by atoms with Gasteiger partial charge in [-0.25, -0.2) is 0 Å². The van der Waals surface area contributed by atoms with Crippen LogP contribution in [0, 0.1) is 0 Å². The zero-order valence-corrected chi connectivity index (χ0v) is 34.7. The standard InChI is InChI=1S/C55H40N2O8/c58-47-43-44-46(50(61)54(65)52(63)48(44)59)55(45(43)49(60)53(64)51(47)62)37-18-9-7-17-35(37)42-38(55)19-11-21-41(42)56(32-24-22-30(23-25-32)29-12-3-1-4-13-29)33-26-27-40-36(28-33)34-16-8-10-20-39(34)57(40)31-14-5-2-6-15-31/h1,3-5,7-8,10-17,19-28,58-65H,2,6,9,18H2. The summed E-state index contributed by atoms with van der Waals surface area (Å²) < 4.78 is 2.30. The van der Waals surface area contributed by atoms with Gasteiger partial charge in [-0.05, 0) is 102 Å². The Morgan fingerprint density at radius 2 is 1.09 bits per heavy atom. The molecule has 12 rings (SSSR count). The fourth-order valence-corrected chi connectivity index (χ4v) is 11.1. The quantitative estimate of drug-likeness (QED) is 0.0620. The summed E-state index contributed by atoms with van der Waals surface area (Å²) in [5.74, 6) is -7.52. The smallest absolute Gasteiger partial charge is 0.204 e. The van der Waals surface area contributed by atoms with E-state index >= 15 is 0 Å². The topological polar surface area (TPSA) is 170 Å². The summed E-state index contributed by atoms with van der Waals surface area (Å²) in [6.45, 7) is 0. The van der Waals surface area contributed by atoms with E-state index in [0.29, 0.717) is 35.2 Å². The highest BCUT2D eigenvalue weighted by Gasteiger charge is 2.59. The van der Waals surface area contributed by atoms with Crippen LogP contribution in [-0.4, -0.2) is 45.4 Å². The van der Waals surface area contributed by atoms with Gasteiger partial charge in [-0.15, -0.1) is 0 Å². The molecule has 0 saturated heterocycles. The Labute approximate surface area is 372 Å². The van der Waals surface area contributed by atoms with Crippen molar-refractivity contribution in [3.8, 4) is 68.2 Å². The molecule has 65 heavy (non-hydrogen) atoms. The van der Waals surface area contributed by atoms with Crippen LogP contribution in [0.2, 0.25) is 0 Å². The predicted octanol–water partition coefficient (Wildman–Crippen LogP) is 12.2. The monoisotopic (exact) mass is 856 g/mol. The molecule has 1 heterocycles. The molecule has 8 aromatic rings. The number of allylic oxidation sites excluding steroid dienone is 8. The Kier molecular flexibility index (Phi) is 8.08. The van der Waals surface area contributed by atoms with E-state index in [0.717, 1.165) is 68.4 Å². The number of aromatic nitrogens is 1. The van der Waals surface area contributed by atoms with Crippen molar-refractivity contribution < 1.29 is 40.9 Å². The van der Waals surface area contributed by atoms with Crippen molar-refractivity contribution >= 4 is 50.1 Å². The van der Waals surface area contributed by atoms with E-state index in [4.69, 9.17) is 0 Å². The third-order valence-electron chi connectivity index (χ3n) is 13.8. The molecule has 7 aromatic carbocycles. The molecule has 0 aliphatic heterocycles. The minimum absolute atomic E-state index is 0.131. The lowest BCUT2D eigenvalue weighted by atomic mass is 9.67. The normalized spacial score (nSPS) is 15.4. The molecule has 8 N–H and O–H groups in total. The minimum Gasteiger partial charge on any atom is -0.504 e. The maximum atomic E-state index is 12.0. The zero-order valence-electron chi connectivity index (χ0n) is 34.7. The molecule has 4 aliphatic carbocycles. The summed E-state index contributed by atoms with van der Waals surface area (Å²) in [6.07, 6.45) is 13.5. The maximum Gasteiger partial charge on any atom is 0.204 e. The first-order valence-electron chi connectivity index (χ1n) is 21.5. The van der Waals surface area contributed by atoms with Crippen molar-refractivity contribution in [3.63, 3.8) is 0 Å². The van der Waals surface area contributed by atoms with Crippen molar-refractivity contribution in [2.45, 2.75) is 31.1 Å². The second-order valence-corrected chi connectivity index (χ2v) is 17.0. The first kappa shape index (κ1) is 38.2. The summed E-state index contributed by atoms with van der Waals surface area (Å²) in [4.78, 5) is 2.17. The third-order valence-corrected chi connectivity index (χ3v) is 13.8. The second kappa shape index (κ2) is 13.7. The van der Waals surface area contributed by atoms with Gasteiger partial charge in [0, 0.05) is 55.7 Å². The molecule has 0 unspecified atom stereocenters. The van der Waals surface area contributed by atoms with Gasteiger partial charge >= 0.3 is 0 Å². The first-order chi connectivity index (χ1) is 31.6. The highest BCUT2D eigenvalue weighted by atomic mass is 16.4. The maximum absolute atomic E-state index is 12.0. The van der Waals surface area contributed by atoms with Crippen molar-refractivity contribution in [2.24, 2.45) is 0 Å². The van der Waals surface area contributed by atoms with Gasteiger partial charge in [0.05, 0.1) is 22.1 Å². The molecular weight excluding hydrogens is 817 g/mol. The number of nitrogens with zero attached hydrogens (tertiary/aromatic N) is 2. The van der Waals surface area contributed by atoms with Crippen LogP contribution in [-0.2, 0) is 5.41 Å². The van der Waals surface area contributed by atoms with Crippen LogP contribution in [0.25, 0.3) is 55.3 Å². The fourth-order valence-electron chi connectivity index (χ4n) is 11.1. The molecular formula is C55H40N2O8. The number of hydrogen-bond donors (Lipinski definition) is 8. The number of fused-ring (bicyclic) bond motifs is 12. The zero-order chi connectivity index (χ0) is 44.5. The van der Waals surface area contributed by atoms with Gasteiger partial charge in [-0.2, -0.15) is 0 Å². The molecule has 10 nitrogen and oxygen atoms in total. The molecule has 1 spiro atoms. The Balaban J connectivity index is 1.18. The van der Waals surface area contributed by atoms with Gasteiger partial charge < -0.3 is 50.3 Å². The summed E-state index contributed by atoms with van der Waals surface area (Å²) in [7, 11) is 0. The Hall–Kier alpha value is -8.50. The van der Waals surface area contributed by atoms with Crippen molar-refractivity contribution in [2.75, 3.05) is 4.90 Å². The minimum atomic E-state index is -1.77. The number of para-hydroxylation sites is 1. The number of rotatable bonds is 5. The van der Waals surface area contributed by atoms with Crippen molar-refractivity contribution in [1.29, 1.82) is 0 Å². The number of benzene rings is 7.